The van der Waals surface area contributed by atoms with E-state index in [-0.39, 0.29) is 18.3 Å². The van der Waals surface area contributed by atoms with Crippen LogP contribution in [0.15, 0.2) is 24.3 Å². The zero-order chi connectivity index (χ0) is 11.6. The lowest BCUT2D eigenvalue weighted by Gasteiger charge is -2.23. The number of benzene rings is 1. The van der Waals surface area contributed by atoms with Crippen LogP contribution in [0, 0.1) is 17.1 Å². The molecule has 1 aromatic carbocycles. The molecule has 1 aliphatic rings. The molecule has 0 bridgehead atoms. The van der Waals surface area contributed by atoms with Gasteiger partial charge in [-0.25, -0.2) is 4.39 Å². The highest BCUT2D eigenvalue weighted by Crippen LogP contribution is 2.35. The smallest absolute Gasteiger partial charge is 0.195 e. The van der Waals surface area contributed by atoms with E-state index in [4.69, 9.17) is 14.7 Å². The van der Waals surface area contributed by atoms with E-state index in [0.717, 1.165) is 0 Å². The molecule has 0 spiro atoms. The van der Waals surface area contributed by atoms with Gasteiger partial charge in [0, 0.05) is 5.56 Å². The number of ether oxygens (including phenoxy) is 2. The van der Waals surface area contributed by atoms with E-state index in [1.54, 1.807) is 25.1 Å². The Balaban J connectivity index is 2.22. The minimum Gasteiger partial charge on any atom is -0.343 e. The van der Waals surface area contributed by atoms with Gasteiger partial charge in [-0.2, -0.15) is 5.26 Å². The van der Waals surface area contributed by atoms with Crippen LogP contribution >= 0.6 is 0 Å². The van der Waals surface area contributed by atoms with E-state index in [1.807, 2.05) is 6.07 Å². The van der Waals surface area contributed by atoms with E-state index in [0.29, 0.717) is 12.2 Å². The first-order valence-electron chi connectivity index (χ1n) is 5.09. The Morgan fingerprint density at radius 3 is 3.00 bits per heavy atom. The lowest BCUT2D eigenvalue weighted by molar-refractivity contribution is -0.163. The van der Waals surface area contributed by atoms with E-state index in [2.05, 4.69) is 0 Å². The van der Waals surface area contributed by atoms with Gasteiger partial charge in [-0.1, -0.05) is 18.2 Å². The molecule has 0 aliphatic carbocycles. The summed E-state index contributed by atoms with van der Waals surface area (Å²) in [5.41, 5.74) is 0.371. The zero-order valence-electron chi connectivity index (χ0n) is 8.94. The molecule has 3 nitrogen and oxygen atoms in total. The largest absolute Gasteiger partial charge is 0.343 e. The zero-order valence-corrected chi connectivity index (χ0v) is 8.94. The molecule has 1 fully saturated rings. The van der Waals surface area contributed by atoms with Gasteiger partial charge in [0.25, 0.3) is 0 Å². The highest BCUT2D eigenvalue weighted by molar-refractivity contribution is 5.22. The van der Waals surface area contributed by atoms with E-state index in [9.17, 15) is 4.39 Å². The Labute approximate surface area is 93.4 Å². The van der Waals surface area contributed by atoms with Crippen molar-refractivity contribution in [2.45, 2.75) is 25.2 Å². The highest BCUT2D eigenvalue weighted by atomic mass is 19.1. The molecule has 0 radical (unpaired) electrons. The summed E-state index contributed by atoms with van der Waals surface area (Å²) in [7, 11) is 0. The first-order valence-corrected chi connectivity index (χ1v) is 5.09. The molecule has 0 saturated carbocycles. The summed E-state index contributed by atoms with van der Waals surface area (Å²) < 4.78 is 24.6. The van der Waals surface area contributed by atoms with Crippen LogP contribution in [0.4, 0.5) is 4.39 Å². The Hall–Kier alpha value is -1.44. The van der Waals surface area contributed by atoms with Crippen LogP contribution in [0.25, 0.3) is 0 Å². The molecule has 1 saturated heterocycles. The van der Waals surface area contributed by atoms with Crippen molar-refractivity contribution in [1.29, 1.82) is 5.26 Å². The first-order chi connectivity index (χ1) is 7.65. The summed E-state index contributed by atoms with van der Waals surface area (Å²) in [5, 5.41) is 8.56. The average Bonchev–Trinajstić information content (AvgIpc) is 2.62. The predicted molar refractivity (Wildman–Crippen MR) is 54.8 cm³/mol. The summed E-state index contributed by atoms with van der Waals surface area (Å²) in [5.74, 6) is -1.44. The second-order valence-electron chi connectivity index (χ2n) is 3.84. The third-order valence-corrected chi connectivity index (χ3v) is 2.62. The molecule has 1 aromatic rings. The van der Waals surface area contributed by atoms with Crippen molar-refractivity contribution in [1.82, 2.24) is 0 Å². The number of nitriles is 1. The van der Waals surface area contributed by atoms with E-state index in [1.165, 1.54) is 6.07 Å². The molecule has 2 unspecified atom stereocenters. The third-order valence-electron chi connectivity index (χ3n) is 2.62. The maximum Gasteiger partial charge on any atom is 0.195 e. The van der Waals surface area contributed by atoms with Crippen molar-refractivity contribution in [3.05, 3.63) is 35.6 Å². The minimum absolute atomic E-state index is 0.254. The monoisotopic (exact) mass is 221 g/mol. The molecule has 0 aromatic heterocycles. The molecule has 4 heteroatoms. The van der Waals surface area contributed by atoms with Gasteiger partial charge in [0.05, 0.1) is 25.2 Å². The van der Waals surface area contributed by atoms with Crippen LogP contribution in [-0.2, 0) is 15.3 Å². The van der Waals surface area contributed by atoms with Crippen LogP contribution < -0.4 is 0 Å². The molecular weight excluding hydrogens is 209 g/mol. The Bertz CT molecular complexity index is 429. The van der Waals surface area contributed by atoms with Crippen molar-refractivity contribution >= 4 is 0 Å². The lowest BCUT2D eigenvalue weighted by Crippen LogP contribution is -2.25. The normalized spacial score (nSPS) is 28.9. The predicted octanol–water partition coefficient (Wildman–Crippen LogP) is 2.33. The second kappa shape index (κ2) is 4.20. The quantitative estimate of drug-likeness (QED) is 0.769. The lowest BCUT2D eigenvalue weighted by atomic mass is 10.1. The fraction of sp³-hybridized carbons (Fsp3) is 0.417. The van der Waals surface area contributed by atoms with Crippen LogP contribution in [0.3, 0.4) is 0 Å². The molecule has 2 rings (SSSR count). The Kier molecular flexibility index (Phi) is 2.90. The summed E-state index contributed by atoms with van der Waals surface area (Å²) in [4.78, 5) is 0. The second-order valence-corrected chi connectivity index (χ2v) is 3.84. The van der Waals surface area contributed by atoms with Crippen LogP contribution in [0.1, 0.15) is 18.9 Å². The molecule has 16 heavy (non-hydrogen) atoms. The number of hydrogen-bond donors (Lipinski definition) is 0. The molecule has 0 amide bonds. The van der Waals surface area contributed by atoms with Gasteiger partial charge >= 0.3 is 0 Å². The standard InChI is InChI=1S/C12H12FNO2/c1-12(10-4-2-3-5-11(10)13)15-8-9(16-12)6-7-14/h2-5,9H,6,8H2,1H3. The van der Waals surface area contributed by atoms with Crippen molar-refractivity contribution in [3.63, 3.8) is 0 Å². The molecular formula is C12H12FNO2. The summed E-state index contributed by atoms with van der Waals surface area (Å²) >= 11 is 0. The van der Waals surface area contributed by atoms with Gasteiger partial charge < -0.3 is 9.47 Å². The molecule has 2 atom stereocenters. The number of rotatable bonds is 2. The highest BCUT2D eigenvalue weighted by Gasteiger charge is 2.40. The van der Waals surface area contributed by atoms with Crippen molar-refractivity contribution < 1.29 is 13.9 Å². The van der Waals surface area contributed by atoms with Crippen LogP contribution in [0.2, 0.25) is 0 Å². The van der Waals surface area contributed by atoms with Crippen molar-refractivity contribution in [3.8, 4) is 6.07 Å². The number of hydrogen-bond acceptors (Lipinski definition) is 3. The first kappa shape index (κ1) is 11.1. The molecule has 1 aliphatic heterocycles. The summed E-state index contributed by atoms with van der Waals surface area (Å²) in [6.45, 7) is 1.99. The van der Waals surface area contributed by atoms with Crippen molar-refractivity contribution in [2.24, 2.45) is 0 Å². The summed E-state index contributed by atoms with van der Waals surface area (Å²) in [6, 6.07) is 8.35. The molecule has 0 N–H and O–H groups in total. The summed E-state index contributed by atoms with van der Waals surface area (Å²) in [6.07, 6.45) is -0.0288. The van der Waals surface area contributed by atoms with Gasteiger partial charge in [0.2, 0.25) is 0 Å². The van der Waals surface area contributed by atoms with Crippen LogP contribution in [0.5, 0.6) is 0 Å². The van der Waals surface area contributed by atoms with Gasteiger partial charge in [0.15, 0.2) is 5.79 Å². The molecule has 1 heterocycles. The minimum atomic E-state index is -1.08. The Morgan fingerprint density at radius 2 is 2.31 bits per heavy atom. The topological polar surface area (TPSA) is 42.2 Å². The van der Waals surface area contributed by atoms with Gasteiger partial charge in [-0.3, -0.25) is 0 Å². The van der Waals surface area contributed by atoms with Crippen molar-refractivity contribution in [2.75, 3.05) is 6.61 Å². The SMILES string of the molecule is CC1(c2ccccc2F)OCC(CC#N)O1. The van der Waals surface area contributed by atoms with Gasteiger partial charge in [-0.05, 0) is 13.0 Å². The molecule has 84 valence electrons. The fourth-order valence-corrected chi connectivity index (χ4v) is 1.81. The third kappa shape index (κ3) is 1.92. The number of halogens is 1. The van der Waals surface area contributed by atoms with Crippen LogP contribution in [-0.4, -0.2) is 12.7 Å². The van der Waals surface area contributed by atoms with E-state index < -0.39 is 5.79 Å². The average molecular weight is 221 g/mol. The van der Waals surface area contributed by atoms with Gasteiger partial charge in [-0.15, -0.1) is 0 Å². The van der Waals surface area contributed by atoms with Gasteiger partial charge in [0.1, 0.15) is 5.82 Å². The fourth-order valence-electron chi connectivity index (χ4n) is 1.81. The Morgan fingerprint density at radius 1 is 1.56 bits per heavy atom. The number of nitrogens with zero attached hydrogens (tertiary/aromatic N) is 1. The maximum absolute atomic E-state index is 13.6. The maximum atomic E-state index is 13.6. The van der Waals surface area contributed by atoms with E-state index >= 15 is 0 Å².